The topological polar surface area (TPSA) is 17.1 Å². The second-order valence-corrected chi connectivity index (χ2v) is 3.95. The Balaban J connectivity index is 2.25. The van der Waals surface area contributed by atoms with E-state index in [2.05, 4.69) is 6.92 Å². The van der Waals surface area contributed by atoms with Crippen molar-refractivity contribution in [3.63, 3.8) is 0 Å². The number of allylic oxidation sites excluding steroid dienone is 1. The summed E-state index contributed by atoms with van der Waals surface area (Å²) in [4.78, 5) is 11.5. The fraction of sp³-hybridized carbons (Fsp3) is 0.308. The van der Waals surface area contributed by atoms with Crippen LogP contribution in [0.5, 0.6) is 0 Å². The van der Waals surface area contributed by atoms with E-state index in [1.165, 1.54) is 0 Å². The molecule has 0 aliphatic heterocycles. The van der Waals surface area contributed by atoms with Crippen molar-refractivity contribution in [3.8, 4) is 0 Å². The summed E-state index contributed by atoms with van der Waals surface area (Å²) in [6.07, 6.45) is 2.01. The second kappa shape index (κ2) is 3.41. The minimum atomic E-state index is 0.213. The van der Waals surface area contributed by atoms with Gasteiger partial charge in [0, 0.05) is 5.92 Å². The Labute approximate surface area is 84.5 Å². The highest BCUT2D eigenvalue weighted by atomic mass is 16.1. The minimum Gasteiger partial charge on any atom is -0.294 e. The van der Waals surface area contributed by atoms with Crippen LogP contribution in [0.1, 0.15) is 19.4 Å². The maximum atomic E-state index is 11.5. The van der Waals surface area contributed by atoms with Crippen LogP contribution in [0.2, 0.25) is 0 Å². The summed E-state index contributed by atoms with van der Waals surface area (Å²) in [6.45, 7) is 4.11. The molecule has 0 N–H and O–H groups in total. The van der Waals surface area contributed by atoms with Crippen LogP contribution < -0.4 is 0 Å². The van der Waals surface area contributed by atoms with Gasteiger partial charge in [0.15, 0.2) is 5.78 Å². The zero-order valence-corrected chi connectivity index (χ0v) is 8.53. The number of Topliss-reactive ketones (excluding diaryl/α,β-unsaturated/α-hetero) is 1. The van der Waals surface area contributed by atoms with Crippen molar-refractivity contribution in [2.45, 2.75) is 13.8 Å². The standard InChI is InChI=1S/C13H14O/c1-9-10(2)13(14)12(9)8-11-6-4-3-5-7-11/h3-10H,1-2H3/b12-8+/t9-,10-/m0/s1. The molecule has 0 saturated heterocycles. The summed E-state index contributed by atoms with van der Waals surface area (Å²) in [5.74, 6) is 0.939. The maximum Gasteiger partial charge on any atom is 0.162 e. The van der Waals surface area contributed by atoms with E-state index in [4.69, 9.17) is 0 Å². The van der Waals surface area contributed by atoms with Crippen LogP contribution in [0.25, 0.3) is 6.08 Å². The average molecular weight is 186 g/mol. The third kappa shape index (κ3) is 1.39. The molecule has 1 heteroatoms. The van der Waals surface area contributed by atoms with Crippen molar-refractivity contribution < 1.29 is 4.79 Å². The van der Waals surface area contributed by atoms with Gasteiger partial charge in [-0.25, -0.2) is 0 Å². The SMILES string of the molecule is C[C@@H]1C(=O)/C(=C/c2ccccc2)[C@H]1C. The highest BCUT2D eigenvalue weighted by Gasteiger charge is 2.37. The van der Waals surface area contributed by atoms with Gasteiger partial charge in [0.1, 0.15) is 0 Å². The number of ketones is 1. The van der Waals surface area contributed by atoms with Crippen molar-refractivity contribution in [1.82, 2.24) is 0 Å². The van der Waals surface area contributed by atoms with Gasteiger partial charge in [0.2, 0.25) is 0 Å². The number of rotatable bonds is 1. The third-order valence-corrected chi connectivity index (χ3v) is 3.06. The van der Waals surface area contributed by atoms with E-state index in [-0.39, 0.29) is 5.92 Å². The van der Waals surface area contributed by atoms with Crippen LogP contribution in [0.3, 0.4) is 0 Å². The van der Waals surface area contributed by atoms with Gasteiger partial charge in [-0.3, -0.25) is 4.79 Å². The summed E-state index contributed by atoms with van der Waals surface area (Å²) in [7, 11) is 0. The zero-order valence-electron chi connectivity index (χ0n) is 8.53. The van der Waals surface area contributed by atoms with Crippen LogP contribution in [0.4, 0.5) is 0 Å². The van der Waals surface area contributed by atoms with E-state index < -0.39 is 0 Å². The highest BCUT2D eigenvalue weighted by Crippen LogP contribution is 2.36. The molecule has 1 saturated carbocycles. The summed E-state index contributed by atoms with van der Waals surface area (Å²) in [6, 6.07) is 10.0. The molecule has 2 rings (SSSR count). The molecular weight excluding hydrogens is 172 g/mol. The van der Waals surface area contributed by atoms with Gasteiger partial charge < -0.3 is 0 Å². The molecule has 1 aromatic rings. The van der Waals surface area contributed by atoms with Crippen molar-refractivity contribution >= 4 is 11.9 Å². The molecule has 0 amide bonds. The number of carbonyl (C=O) groups is 1. The van der Waals surface area contributed by atoms with Gasteiger partial charge >= 0.3 is 0 Å². The number of carbonyl (C=O) groups excluding carboxylic acids is 1. The molecular formula is C13H14O. The van der Waals surface area contributed by atoms with Gasteiger partial charge in [-0.2, -0.15) is 0 Å². The average Bonchev–Trinajstić information content (AvgIpc) is 2.26. The monoisotopic (exact) mass is 186 g/mol. The fourth-order valence-electron chi connectivity index (χ4n) is 1.82. The van der Waals surface area contributed by atoms with Crippen molar-refractivity contribution in [2.75, 3.05) is 0 Å². The maximum absolute atomic E-state index is 11.5. The fourth-order valence-corrected chi connectivity index (χ4v) is 1.82. The molecule has 0 bridgehead atoms. The normalized spacial score (nSPS) is 29.0. The van der Waals surface area contributed by atoms with E-state index in [1.807, 2.05) is 43.3 Å². The second-order valence-electron chi connectivity index (χ2n) is 3.95. The van der Waals surface area contributed by atoms with Gasteiger partial charge in [-0.15, -0.1) is 0 Å². The summed E-state index contributed by atoms with van der Waals surface area (Å²) in [5.41, 5.74) is 2.10. The molecule has 1 nitrogen and oxygen atoms in total. The van der Waals surface area contributed by atoms with E-state index in [0.717, 1.165) is 11.1 Å². The van der Waals surface area contributed by atoms with Gasteiger partial charge in [0.25, 0.3) is 0 Å². The summed E-state index contributed by atoms with van der Waals surface area (Å²) >= 11 is 0. The molecule has 1 aliphatic rings. The first-order valence-electron chi connectivity index (χ1n) is 5.01. The van der Waals surface area contributed by atoms with E-state index in [1.54, 1.807) is 0 Å². The van der Waals surface area contributed by atoms with Crippen LogP contribution in [-0.4, -0.2) is 5.78 Å². The van der Waals surface area contributed by atoms with Gasteiger partial charge in [-0.1, -0.05) is 44.2 Å². The Kier molecular flexibility index (Phi) is 2.24. The van der Waals surface area contributed by atoms with E-state index in [9.17, 15) is 4.79 Å². The molecule has 0 heterocycles. The lowest BCUT2D eigenvalue weighted by Crippen LogP contribution is -2.36. The Morgan fingerprint density at radius 3 is 2.29 bits per heavy atom. The lowest BCUT2D eigenvalue weighted by Gasteiger charge is -2.32. The van der Waals surface area contributed by atoms with Gasteiger partial charge in [-0.05, 0) is 23.1 Å². The van der Waals surface area contributed by atoms with Crippen LogP contribution in [0.15, 0.2) is 35.9 Å². The quantitative estimate of drug-likeness (QED) is 0.616. The molecule has 1 fully saturated rings. The largest absolute Gasteiger partial charge is 0.294 e. The summed E-state index contributed by atoms with van der Waals surface area (Å²) in [5, 5.41) is 0. The first kappa shape index (κ1) is 9.20. The Morgan fingerprint density at radius 2 is 1.71 bits per heavy atom. The lowest BCUT2D eigenvalue weighted by atomic mass is 9.69. The van der Waals surface area contributed by atoms with Gasteiger partial charge in [0.05, 0.1) is 0 Å². The molecule has 0 spiro atoms. The van der Waals surface area contributed by atoms with Crippen molar-refractivity contribution in [1.29, 1.82) is 0 Å². The zero-order chi connectivity index (χ0) is 10.1. The molecule has 72 valence electrons. The van der Waals surface area contributed by atoms with Crippen LogP contribution in [0, 0.1) is 11.8 Å². The Bertz CT molecular complexity index is 375. The predicted molar refractivity (Wildman–Crippen MR) is 57.8 cm³/mol. The van der Waals surface area contributed by atoms with E-state index in [0.29, 0.717) is 11.7 Å². The molecule has 0 unspecified atom stereocenters. The van der Waals surface area contributed by atoms with Crippen molar-refractivity contribution in [2.24, 2.45) is 11.8 Å². The predicted octanol–water partition coefficient (Wildman–Crippen LogP) is 2.92. The number of benzene rings is 1. The summed E-state index contributed by atoms with van der Waals surface area (Å²) < 4.78 is 0. The Morgan fingerprint density at radius 1 is 1.07 bits per heavy atom. The first-order chi connectivity index (χ1) is 6.70. The molecule has 14 heavy (non-hydrogen) atoms. The third-order valence-electron chi connectivity index (χ3n) is 3.06. The number of hydrogen-bond donors (Lipinski definition) is 0. The van der Waals surface area contributed by atoms with Crippen molar-refractivity contribution in [3.05, 3.63) is 41.5 Å². The molecule has 1 aliphatic carbocycles. The highest BCUT2D eigenvalue weighted by molar-refractivity contribution is 6.07. The minimum absolute atomic E-state index is 0.213. The number of hydrogen-bond acceptors (Lipinski definition) is 1. The lowest BCUT2D eigenvalue weighted by molar-refractivity contribution is -0.125. The van der Waals surface area contributed by atoms with E-state index >= 15 is 0 Å². The van der Waals surface area contributed by atoms with Crippen LogP contribution >= 0.6 is 0 Å². The molecule has 2 atom stereocenters. The molecule has 1 aromatic carbocycles. The van der Waals surface area contributed by atoms with Crippen LogP contribution in [-0.2, 0) is 4.79 Å². The molecule has 0 radical (unpaired) electrons. The smallest absolute Gasteiger partial charge is 0.162 e. The Hall–Kier alpha value is -1.37. The first-order valence-corrected chi connectivity index (χ1v) is 5.01. The molecule has 0 aromatic heterocycles.